The van der Waals surface area contributed by atoms with Gasteiger partial charge in [-0.2, -0.15) is 0 Å². The predicted molar refractivity (Wildman–Crippen MR) is 81.9 cm³/mol. The molecule has 0 amide bonds. The maximum atomic E-state index is 11.9. The molecule has 0 spiro atoms. The average molecular weight is 286 g/mol. The Morgan fingerprint density at radius 1 is 0.600 bits per heavy atom. The molecule has 0 aliphatic heterocycles. The molecule has 0 saturated carbocycles. The van der Waals surface area contributed by atoms with Crippen molar-refractivity contribution in [1.29, 1.82) is 0 Å². The van der Waals surface area contributed by atoms with E-state index < -0.39 is 11.6 Å². The minimum Gasteiger partial charge on any atom is -0.399 e. The van der Waals surface area contributed by atoms with Crippen molar-refractivity contribution in [2.24, 2.45) is 0 Å². The number of benzene rings is 2. The van der Waals surface area contributed by atoms with Crippen molar-refractivity contribution in [3.05, 3.63) is 59.7 Å². The van der Waals surface area contributed by atoms with Crippen LogP contribution < -0.4 is 11.5 Å². The molecule has 2 rings (SSSR count). The van der Waals surface area contributed by atoms with E-state index in [1.54, 1.807) is 24.3 Å². The number of hydrogen-bond acceptors (Lipinski definition) is 4. The van der Waals surface area contributed by atoms with Gasteiger partial charge >= 0.3 is 0 Å². The molecule has 4 N–H and O–H groups in total. The van der Waals surface area contributed by atoms with Gasteiger partial charge in [0.05, 0.1) is 0 Å². The first-order valence-corrected chi connectivity index (χ1v) is 5.38. The molecule has 0 fully saturated rings. The summed E-state index contributed by atoms with van der Waals surface area (Å²) in [6.45, 7) is 0. The van der Waals surface area contributed by atoms with Crippen molar-refractivity contribution in [3.8, 4) is 0 Å². The summed E-state index contributed by atoms with van der Waals surface area (Å²) in [7, 11) is 0. The van der Waals surface area contributed by atoms with Crippen LogP contribution in [0.1, 0.15) is 20.7 Å². The first-order chi connectivity index (χ1) is 8.58. The van der Waals surface area contributed by atoms with Crippen molar-refractivity contribution >= 4 is 82.1 Å². The van der Waals surface area contributed by atoms with Crippen LogP contribution in [0.15, 0.2) is 48.5 Å². The van der Waals surface area contributed by atoms with E-state index in [1.807, 2.05) is 0 Å². The van der Waals surface area contributed by atoms with Crippen LogP contribution in [0.3, 0.4) is 0 Å². The van der Waals surface area contributed by atoms with Gasteiger partial charge in [-0.15, -0.1) is 0 Å². The number of nitrogens with two attached hydrogens (primary N) is 2. The Labute approximate surface area is 161 Å². The van der Waals surface area contributed by atoms with Gasteiger partial charge in [0.2, 0.25) is 11.6 Å². The maximum absolute atomic E-state index is 11.9. The SMILES string of the molecule is Nc1ccc(C(=O)C(=O)c2ccc(N)cc2)cc1.[Na].[Na]. The summed E-state index contributed by atoms with van der Waals surface area (Å²) in [5, 5.41) is 0. The Morgan fingerprint density at radius 2 is 0.850 bits per heavy atom. The molecule has 2 radical (unpaired) electrons. The number of rotatable bonds is 3. The topological polar surface area (TPSA) is 86.2 Å². The van der Waals surface area contributed by atoms with E-state index in [0.29, 0.717) is 22.5 Å². The number of carbonyl (C=O) groups is 2. The first-order valence-electron chi connectivity index (χ1n) is 5.38. The number of carbonyl (C=O) groups excluding carboxylic acids is 2. The number of anilines is 2. The molecule has 0 aliphatic carbocycles. The van der Waals surface area contributed by atoms with Gasteiger partial charge in [-0.05, 0) is 48.5 Å². The number of nitrogen functional groups attached to an aromatic ring is 2. The molecule has 4 nitrogen and oxygen atoms in total. The van der Waals surface area contributed by atoms with Crippen molar-refractivity contribution in [3.63, 3.8) is 0 Å². The van der Waals surface area contributed by atoms with Gasteiger partial charge in [-0.25, -0.2) is 0 Å². The molecule has 0 saturated heterocycles. The summed E-state index contributed by atoms with van der Waals surface area (Å²) in [6, 6.07) is 12.5. The second kappa shape index (κ2) is 8.62. The van der Waals surface area contributed by atoms with Crippen LogP contribution in [0.25, 0.3) is 0 Å². The fraction of sp³-hybridized carbons (Fsp3) is 0. The number of Topliss-reactive ketones (excluding diaryl/α,β-unsaturated/α-hetero) is 2. The van der Waals surface area contributed by atoms with Crippen molar-refractivity contribution in [2.45, 2.75) is 0 Å². The fourth-order valence-corrected chi connectivity index (χ4v) is 1.53. The molecule has 6 heteroatoms. The molecule has 0 aromatic heterocycles. The zero-order chi connectivity index (χ0) is 13.1. The van der Waals surface area contributed by atoms with Gasteiger partial charge in [0.25, 0.3) is 0 Å². The number of hydrogen-bond donors (Lipinski definition) is 2. The Kier molecular flexibility index (Phi) is 8.35. The van der Waals surface area contributed by atoms with Gasteiger partial charge in [0.15, 0.2) is 0 Å². The number of ketones is 2. The van der Waals surface area contributed by atoms with Gasteiger partial charge in [0, 0.05) is 81.6 Å². The summed E-state index contributed by atoms with van der Waals surface area (Å²) >= 11 is 0. The van der Waals surface area contributed by atoms with Gasteiger partial charge in [0.1, 0.15) is 0 Å². The predicted octanol–water partition coefficient (Wildman–Crippen LogP) is 1.16. The Hall–Kier alpha value is -0.620. The van der Waals surface area contributed by atoms with Gasteiger partial charge < -0.3 is 11.5 Å². The summed E-state index contributed by atoms with van der Waals surface area (Å²) in [4.78, 5) is 23.8. The van der Waals surface area contributed by atoms with Gasteiger partial charge in [-0.1, -0.05) is 0 Å². The Bertz CT molecular complexity index is 540. The molecular formula is C14H12N2Na2O2. The van der Waals surface area contributed by atoms with E-state index >= 15 is 0 Å². The van der Waals surface area contributed by atoms with Gasteiger partial charge in [-0.3, -0.25) is 9.59 Å². The molecule has 92 valence electrons. The van der Waals surface area contributed by atoms with E-state index in [4.69, 9.17) is 11.5 Å². The van der Waals surface area contributed by atoms with Crippen LogP contribution in [0.5, 0.6) is 0 Å². The molecule has 0 bridgehead atoms. The average Bonchev–Trinajstić information content (AvgIpc) is 2.39. The maximum Gasteiger partial charge on any atom is 0.233 e. The van der Waals surface area contributed by atoms with Crippen molar-refractivity contribution in [2.75, 3.05) is 11.5 Å². The molecule has 0 heterocycles. The second-order valence-corrected chi connectivity index (χ2v) is 3.90. The van der Waals surface area contributed by atoms with E-state index in [1.165, 1.54) is 24.3 Å². The minimum absolute atomic E-state index is 0. The zero-order valence-corrected chi connectivity index (χ0v) is 15.6. The van der Waals surface area contributed by atoms with E-state index in [-0.39, 0.29) is 59.1 Å². The molecule has 0 unspecified atom stereocenters. The Morgan fingerprint density at radius 3 is 1.10 bits per heavy atom. The third kappa shape index (κ3) is 4.74. The third-order valence-corrected chi connectivity index (χ3v) is 2.55. The monoisotopic (exact) mass is 286 g/mol. The van der Waals surface area contributed by atoms with Crippen LogP contribution in [0, 0.1) is 0 Å². The summed E-state index contributed by atoms with van der Waals surface area (Å²) in [5.41, 5.74) is 12.8. The fourth-order valence-electron chi connectivity index (χ4n) is 1.53. The van der Waals surface area contributed by atoms with E-state index in [2.05, 4.69) is 0 Å². The van der Waals surface area contributed by atoms with Crippen LogP contribution >= 0.6 is 0 Å². The zero-order valence-electron chi connectivity index (χ0n) is 11.6. The minimum atomic E-state index is -0.556. The second-order valence-electron chi connectivity index (χ2n) is 3.90. The van der Waals surface area contributed by atoms with Crippen LogP contribution in [-0.4, -0.2) is 70.7 Å². The first kappa shape index (κ1) is 19.4. The van der Waals surface area contributed by atoms with Crippen molar-refractivity contribution in [1.82, 2.24) is 0 Å². The largest absolute Gasteiger partial charge is 0.399 e. The molecule has 2 aromatic rings. The Balaban J connectivity index is 0.00000180. The van der Waals surface area contributed by atoms with E-state index in [0.717, 1.165) is 0 Å². The van der Waals surface area contributed by atoms with Crippen LogP contribution in [0.2, 0.25) is 0 Å². The quantitative estimate of drug-likeness (QED) is 0.383. The standard InChI is InChI=1S/C14H12N2O2.2Na/c15-11-5-1-9(2-6-11)13(17)14(18)10-3-7-12(16)8-4-10;;/h1-8H,15-16H2;;. The molecule has 0 aliphatic rings. The third-order valence-electron chi connectivity index (χ3n) is 2.55. The molecular weight excluding hydrogens is 274 g/mol. The normalized spacial score (nSPS) is 9.00. The van der Waals surface area contributed by atoms with E-state index in [9.17, 15) is 9.59 Å². The summed E-state index contributed by atoms with van der Waals surface area (Å²) in [6.07, 6.45) is 0. The van der Waals surface area contributed by atoms with Crippen LogP contribution in [0.4, 0.5) is 11.4 Å². The molecule has 2 aromatic carbocycles. The smallest absolute Gasteiger partial charge is 0.233 e. The molecule has 20 heavy (non-hydrogen) atoms. The summed E-state index contributed by atoms with van der Waals surface area (Å²) < 4.78 is 0. The van der Waals surface area contributed by atoms with Crippen LogP contribution in [-0.2, 0) is 0 Å². The summed E-state index contributed by atoms with van der Waals surface area (Å²) in [5.74, 6) is -1.11. The molecule has 0 atom stereocenters. The van der Waals surface area contributed by atoms with Crippen molar-refractivity contribution < 1.29 is 9.59 Å².